The van der Waals surface area contributed by atoms with Crippen LogP contribution in [0.25, 0.3) is 0 Å². The summed E-state index contributed by atoms with van der Waals surface area (Å²) in [5.74, 6) is 2.62. The average Bonchev–Trinajstić information content (AvgIpc) is 2.80. The van der Waals surface area contributed by atoms with E-state index in [-0.39, 0.29) is 0 Å². The maximum Gasteiger partial charge on any atom is 0.203 e. The first-order valence-corrected chi connectivity index (χ1v) is 10.5. The molecule has 0 saturated carbocycles. The van der Waals surface area contributed by atoms with E-state index >= 15 is 0 Å². The van der Waals surface area contributed by atoms with E-state index in [1.54, 1.807) is 28.4 Å². The largest absolute Gasteiger partial charge is 0.493 e. The fourth-order valence-corrected chi connectivity index (χ4v) is 3.29. The monoisotopic (exact) mass is 428 g/mol. The van der Waals surface area contributed by atoms with E-state index in [2.05, 4.69) is 58.8 Å². The number of aliphatic imine (C=N–C) groups is 1. The smallest absolute Gasteiger partial charge is 0.203 e. The van der Waals surface area contributed by atoms with E-state index < -0.39 is 0 Å². The standard InChI is InChI=1S/C24H36N4O3/c1-18(28(3)17-19-10-8-7-9-11-19)12-13-26-24(25-2)27-16-20-14-21(29-4)23(31-6)22(15-20)30-5/h7-11,14-15,18H,12-13,16-17H2,1-6H3,(H2,25,26,27). The van der Waals surface area contributed by atoms with Crippen LogP contribution in [-0.2, 0) is 13.1 Å². The molecule has 0 aliphatic rings. The third kappa shape index (κ3) is 7.36. The van der Waals surface area contributed by atoms with Gasteiger partial charge in [-0.2, -0.15) is 0 Å². The molecule has 2 N–H and O–H groups in total. The summed E-state index contributed by atoms with van der Waals surface area (Å²) in [4.78, 5) is 6.69. The quantitative estimate of drug-likeness (QED) is 0.423. The molecule has 0 bridgehead atoms. The van der Waals surface area contributed by atoms with Gasteiger partial charge < -0.3 is 24.8 Å². The van der Waals surface area contributed by atoms with Crippen molar-refractivity contribution in [3.05, 3.63) is 53.6 Å². The molecule has 2 rings (SSSR count). The van der Waals surface area contributed by atoms with Crippen LogP contribution >= 0.6 is 0 Å². The van der Waals surface area contributed by atoms with Crippen LogP contribution in [-0.4, -0.2) is 58.9 Å². The van der Waals surface area contributed by atoms with Crippen LogP contribution in [0.1, 0.15) is 24.5 Å². The average molecular weight is 429 g/mol. The van der Waals surface area contributed by atoms with Gasteiger partial charge in [-0.1, -0.05) is 30.3 Å². The van der Waals surface area contributed by atoms with Crippen molar-refractivity contribution in [3.8, 4) is 17.2 Å². The summed E-state index contributed by atoms with van der Waals surface area (Å²) >= 11 is 0. The van der Waals surface area contributed by atoms with Crippen LogP contribution < -0.4 is 24.8 Å². The van der Waals surface area contributed by atoms with Gasteiger partial charge in [0.25, 0.3) is 0 Å². The van der Waals surface area contributed by atoms with Crippen molar-refractivity contribution in [3.63, 3.8) is 0 Å². The molecular formula is C24H36N4O3. The number of rotatable bonds is 11. The molecule has 0 aliphatic carbocycles. The predicted molar refractivity (Wildman–Crippen MR) is 126 cm³/mol. The highest BCUT2D eigenvalue weighted by Crippen LogP contribution is 2.38. The number of hydrogen-bond acceptors (Lipinski definition) is 5. The Labute approximate surface area is 186 Å². The third-order valence-corrected chi connectivity index (χ3v) is 5.29. The van der Waals surface area contributed by atoms with Crippen LogP contribution in [0.3, 0.4) is 0 Å². The van der Waals surface area contributed by atoms with Gasteiger partial charge in [0, 0.05) is 32.7 Å². The highest BCUT2D eigenvalue weighted by atomic mass is 16.5. The summed E-state index contributed by atoms with van der Waals surface area (Å²) in [5, 5.41) is 6.74. The molecular weight excluding hydrogens is 392 g/mol. The summed E-state index contributed by atoms with van der Waals surface area (Å²) in [6.45, 7) is 4.60. The zero-order chi connectivity index (χ0) is 22.6. The van der Waals surface area contributed by atoms with Gasteiger partial charge in [-0.05, 0) is 43.7 Å². The van der Waals surface area contributed by atoms with Crippen LogP contribution in [0.2, 0.25) is 0 Å². The number of methoxy groups -OCH3 is 3. The second-order valence-corrected chi connectivity index (χ2v) is 7.42. The third-order valence-electron chi connectivity index (χ3n) is 5.29. The molecule has 1 atom stereocenters. The van der Waals surface area contributed by atoms with E-state index in [0.717, 1.165) is 31.0 Å². The molecule has 0 aromatic heterocycles. The van der Waals surface area contributed by atoms with Gasteiger partial charge in [0.2, 0.25) is 5.75 Å². The second kappa shape index (κ2) is 12.7. The number of benzene rings is 2. The van der Waals surface area contributed by atoms with E-state index in [4.69, 9.17) is 14.2 Å². The topological polar surface area (TPSA) is 67.4 Å². The van der Waals surface area contributed by atoms with E-state index in [9.17, 15) is 0 Å². The van der Waals surface area contributed by atoms with E-state index in [0.29, 0.717) is 29.8 Å². The van der Waals surface area contributed by atoms with Gasteiger partial charge in [0.15, 0.2) is 17.5 Å². The van der Waals surface area contributed by atoms with Crippen LogP contribution in [0.4, 0.5) is 0 Å². The molecule has 1 unspecified atom stereocenters. The summed E-state index contributed by atoms with van der Waals surface area (Å²) in [6.07, 6.45) is 1.01. The van der Waals surface area contributed by atoms with Crippen LogP contribution in [0.5, 0.6) is 17.2 Å². The maximum atomic E-state index is 5.43. The molecule has 0 fully saturated rings. The second-order valence-electron chi connectivity index (χ2n) is 7.42. The molecule has 170 valence electrons. The summed E-state index contributed by atoms with van der Waals surface area (Å²) < 4.78 is 16.2. The Bertz CT molecular complexity index is 802. The normalized spacial score (nSPS) is 12.4. The maximum absolute atomic E-state index is 5.43. The molecule has 31 heavy (non-hydrogen) atoms. The highest BCUT2D eigenvalue weighted by Gasteiger charge is 2.14. The van der Waals surface area contributed by atoms with Crippen LogP contribution in [0.15, 0.2) is 47.5 Å². The molecule has 0 radical (unpaired) electrons. The molecule has 2 aromatic carbocycles. The summed E-state index contributed by atoms with van der Waals surface area (Å²) in [5.41, 5.74) is 2.33. The van der Waals surface area contributed by atoms with Gasteiger partial charge in [-0.25, -0.2) is 0 Å². The minimum Gasteiger partial charge on any atom is -0.493 e. The Morgan fingerprint density at radius 2 is 1.61 bits per heavy atom. The molecule has 7 nitrogen and oxygen atoms in total. The van der Waals surface area contributed by atoms with Gasteiger partial charge in [-0.15, -0.1) is 0 Å². The Morgan fingerprint density at radius 1 is 0.968 bits per heavy atom. The molecule has 7 heteroatoms. The van der Waals surface area contributed by atoms with Crippen molar-refractivity contribution in [2.24, 2.45) is 4.99 Å². The highest BCUT2D eigenvalue weighted by molar-refractivity contribution is 5.79. The first-order chi connectivity index (χ1) is 15.0. The molecule has 0 spiro atoms. The Hall–Kier alpha value is -2.93. The van der Waals surface area contributed by atoms with E-state index in [1.807, 2.05) is 18.2 Å². The summed E-state index contributed by atoms with van der Waals surface area (Å²) in [7, 11) is 8.77. The van der Waals surface area contributed by atoms with Crippen molar-refractivity contribution < 1.29 is 14.2 Å². The first kappa shape index (κ1) is 24.3. The predicted octanol–water partition coefficient (Wildman–Crippen LogP) is 3.29. The van der Waals surface area contributed by atoms with Gasteiger partial charge in [0.1, 0.15) is 0 Å². The lowest BCUT2D eigenvalue weighted by Crippen LogP contribution is -2.39. The van der Waals surface area contributed by atoms with Crippen molar-refractivity contribution in [2.75, 3.05) is 42.0 Å². The van der Waals surface area contributed by atoms with Gasteiger partial charge in [0.05, 0.1) is 21.3 Å². The molecule has 0 heterocycles. The lowest BCUT2D eigenvalue weighted by atomic mass is 10.1. The van der Waals surface area contributed by atoms with Gasteiger partial charge in [-0.3, -0.25) is 9.89 Å². The Morgan fingerprint density at radius 3 is 2.16 bits per heavy atom. The Balaban J connectivity index is 1.83. The number of nitrogens with one attached hydrogen (secondary N) is 2. The lowest BCUT2D eigenvalue weighted by Gasteiger charge is -2.25. The fraction of sp³-hybridized carbons (Fsp3) is 0.458. The lowest BCUT2D eigenvalue weighted by molar-refractivity contribution is 0.238. The number of guanidine groups is 1. The van der Waals surface area contributed by atoms with Crippen molar-refractivity contribution in [1.29, 1.82) is 0 Å². The Kier molecular flexibility index (Phi) is 9.97. The summed E-state index contributed by atoms with van der Waals surface area (Å²) in [6, 6.07) is 14.9. The van der Waals surface area contributed by atoms with Crippen molar-refractivity contribution >= 4 is 5.96 Å². The zero-order valence-corrected chi connectivity index (χ0v) is 19.6. The van der Waals surface area contributed by atoms with Crippen molar-refractivity contribution in [1.82, 2.24) is 15.5 Å². The van der Waals surface area contributed by atoms with E-state index in [1.165, 1.54) is 5.56 Å². The number of nitrogens with zero attached hydrogens (tertiary/aromatic N) is 2. The molecule has 0 amide bonds. The molecule has 0 aliphatic heterocycles. The van der Waals surface area contributed by atoms with Crippen LogP contribution in [0, 0.1) is 0 Å². The first-order valence-electron chi connectivity index (χ1n) is 10.5. The minimum atomic E-state index is 0.445. The number of hydrogen-bond donors (Lipinski definition) is 2. The van der Waals surface area contributed by atoms with Crippen molar-refractivity contribution in [2.45, 2.75) is 32.5 Å². The SMILES string of the molecule is CN=C(NCCC(C)N(C)Cc1ccccc1)NCc1cc(OC)c(OC)c(OC)c1. The zero-order valence-electron chi connectivity index (χ0n) is 19.6. The number of ether oxygens (including phenoxy) is 3. The minimum absolute atomic E-state index is 0.445. The molecule has 2 aromatic rings. The fourth-order valence-electron chi connectivity index (χ4n) is 3.29. The molecule has 0 saturated heterocycles. The van der Waals surface area contributed by atoms with Gasteiger partial charge >= 0.3 is 0 Å².